The first kappa shape index (κ1) is 16.6. The average Bonchev–Trinajstić information content (AvgIpc) is 2.45. The third kappa shape index (κ3) is 4.59. The van der Waals surface area contributed by atoms with Gasteiger partial charge in [0, 0.05) is 42.3 Å². The molecule has 1 saturated heterocycles. The van der Waals surface area contributed by atoms with Crippen LogP contribution >= 0.6 is 15.9 Å². The molecule has 1 fully saturated rings. The molecule has 1 aliphatic rings. The van der Waals surface area contributed by atoms with Crippen molar-refractivity contribution >= 4 is 15.9 Å². The second kappa shape index (κ2) is 6.98. The van der Waals surface area contributed by atoms with Gasteiger partial charge in [-0.25, -0.2) is 0 Å². The van der Waals surface area contributed by atoms with Crippen LogP contribution in [0.5, 0.6) is 5.75 Å². The monoisotopic (exact) mass is 366 g/mol. The van der Waals surface area contributed by atoms with E-state index in [4.69, 9.17) is 4.74 Å². The summed E-state index contributed by atoms with van der Waals surface area (Å²) in [7, 11) is 1.48. The zero-order valence-electron chi connectivity index (χ0n) is 11.7. The summed E-state index contributed by atoms with van der Waals surface area (Å²) in [6.07, 6.45) is -5.08. The van der Waals surface area contributed by atoms with Crippen LogP contribution in [0.15, 0.2) is 22.7 Å². The molecule has 2 rings (SSSR count). The maximum atomic E-state index is 13.0. The molecule has 21 heavy (non-hydrogen) atoms. The summed E-state index contributed by atoms with van der Waals surface area (Å²) >= 11 is 3.32. The maximum Gasteiger partial charge on any atom is 0.390 e. The third-order valence-electron chi connectivity index (χ3n) is 3.57. The van der Waals surface area contributed by atoms with Crippen molar-refractivity contribution in [2.75, 3.05) is 33.3 Å². The fourth-order valence-corrected chi connectivity index (χ4v) is 2.95. The first-order valence-corrected chi connectivity index (χ1v) is 7.55. The Labute approximate surface area is 130 Å². The second-order valence-corrected chi connectivity index (χ2v) is 5.92. The highest BCUT2D eigenvalue weighted by Crippen LogP contribution is 2.38. The number of ether oxygens (including phenoxy) is 1. The van der Waals surface area contributed by atoms with E-state index in [9.17, 15) is 13.2 Å². The molecule has 0 bridgehead atoms. The number of rotatable bonds is 4. The lowest BCUT2D eigenvalue weighted by atomic mass is 9.99. The van der Waals surface area contributed by atoms with Gasteiger partial charge in [-0.15, -0.1) is 0 Å². The van der Waals surface area contributed by atoms with Gasteiger partial charge in [-0.05, 0) is 12.1 Å². The predicted molar refractivity (Wildman–Crippen MR) is 78.5 cm³/mol. The van der Waals surface area contributed by atoms with Gasteiger partial charge in [0.15, 0.2) is 0 Å². The maximum absolute atomic E-state index is 13.0. The summed E-state index contributed by atoms with van der Waals surface area (Å²) < 4.78 is 45.0. The third-order valence-corrected chi connectivity index (χ3v) is 4.06. The van der Waals surface area contributed by atoms with Crippen molar-refractivity contribution in [1.29, 1.82) is 0 Å². The molecule has 1 N–H and O–H groups in total. The lowest BCUT2D eigenvalue weighted by Crippen LogP contribution is -2.46. The lowest BCUT2D eigenvalue weighted by molar-refractivity contribution is -0.148. The Hall–Kier alpha value is -0.790. The van der Waals surface area contributed by atoms with Crippen LogP contribution in [0.4, 0.5) is 13.2 Å². The number of nitrogens with zero attached hydrogens (tertiary/aromatic N) is 1. The molecule has 0 spiro atoms. The number of nitrogens with one attached hydrogen (secondary N) is 1. The molecule has 3 nitrogen and oxygen atoms in total. The van der Waals surface area contributed by atoms with Crippen molar-refractivity contribution in [3.63, 3.8) is 0 Å². The Balaban J connectivity index is 2.33. The fourth-order valence-electron chi connectivity index (χ4n) is 2.61. The van der Waals surface area contributed by atoms with Crippen LogP contribution in [-0.4, -0.2) is 44.4 Å². The molecule has 1 heterocycles. The van der Waals surface area contributed by atoms with E-state index < -0.39 is 18.6 Å². The highest BCUT2D eigenvalue weighted by Gasteiger charge is 2.37. The molecular weight excluding hydrogens is 349 g/mol. The quantitative estimate of drug-likeness (QED) is 0.884. The Morgan fingerprint density at radius 2 is 2.00 bits per heavy atom. The van der Waals surface area contributed by atoms with Crippen LogP contribution in [-0.2, 0) is 0 Å². The van der Waals surface area contributed by atoms with E-state index >= 15 is 0 Å². The minimum atomic E-state index is -4.21. The molecule has 0 aromatic heterocycles. The molecule has 0 aliphatic carbocycles. The summed E-state index contributed by atoms with van der Waals surface area (Å²) in [5, 5.41) is 3.16. The normalized spacial score (nSPS) is 18.5. The van der Waals surface area contributed by atoms with Gasteiger partial charge in [0.05, 0.1) is 13.5 Å². The molecule has 1 aromatic rings. The lowest BCUT2D eigenvalue weighted by Gasteiger charge is -2.36. The fraction of sp³-hybridized carbons (Fsp3) is 0.571. The number of hydrogen-bond acceptors (Lipinski definition) is 3. The van der Waals surface area contributed by atoms with Gasteiger partial charge in [-0.2, -0.15) is 13.2 Å². The minimum absolute atomic E-state index is 0.483. The topological polar surface area (TPSA) is 24.5 Å². The first-order valence-electron chi connectivity index (χ1n) is 6.75. The summed E-state index contributed by atoms with van der Waals surface area (Å²) in [4.78, 5) is 1.87. The molecule has 0 amide bonds. The SMILES string of the molecule is COc1cc(Br)ccc1[C@H](CC(F)(F)F)N1CCNCC1. The molecule has 0 unspecified atom stereocenters. The van der Waals surface area contributed by atoms with Gasteiger partial charge in [0.1, 0.15) is 5.75 Å². The van der Waals surface area contributed by atoms with E-state index in [1.54, 1.807) is 18.2 Å². The van der Waals surface area contributed by atoms with Crippen LogP contribution in [0.25, 0.3) is 0 Å². The van der Waals surface area contributed by atoms with Gasteiger partial charge < -0.3 is 10.1 Å². The molecule has 7 heteroatoms. The average molecular weight is 367 g/mol. The van der Waals surface area contributed by atoms with Gasteiger partial charge in [0.2, 0.25) is 0 Å². The number of hydrogen-bond donors (Lipinski definition) is 1. The summed E-state index contributed by atoms with van der Waals surface area (Å²) in [6, 6.07) is 4.46. The minimum Gasteiger partial charge on any atom is -0.496 e. The van der Waals surface area contributed by atoms with Gasteiger partial charge >= 0.3 is 6.18 Å². The van der Waals surface area contributed by atoms with Crippen molar-refractivity contribution in [3.05, 3.63) is 28.2 Å². The van der Waals surface area contributed by atoms with Crippen molar-refractivity contribution in [3.8, 4) is 5.75 Å². The van der Waals surface area contributed by atoms with Crippen LogP contribution in [0.1, 0.15) is 18.0 Å². The van der Waals surface area contributed by atoms with E-state index in [2.05, 4.69) is 21.2 Å². The molecule has 1 aromatic carbocycles. The molecule has 0 radical (unpaired) electrons. The highest BCUT2D eigenvalue weighted by atomic mass is 79.9. The van der Waals surface area contributed by atoms with E-state index in [1.807, 2.05) is 4.90 Å². The van der Waals surface area contributed by atoms with Crippen LogP contribution in [0.3, 0.4) is 0 Å². The van der Waals surface area contributed by atoms with Gasteiger partial charge in [-0.3, -0.25) is 4.90 Å². The van der Waals surface area contributed by atoms with Crippen LogP contribution in [0, 0.1) is 0 Å². The Morgan fingerprint density at radius 3 is 2.57 bits per heavy atom. The number of methoxy groups -OCH3 is 1. The standard InChI is InChI=1S/C14H18BrF3N2O/c1-21-13-8-10(15)2-3-11(13)12(9-14(16,17)18)20-6-4-19-5-7-20/h2-3,8,12,19H,4-7,9H2,1H3/t12-/m0/s1. The van der Waals surface area contributed by atoms with E-state index in [-0.39, 0.29) is 0 Å². The zero-order valence-corrected chi connectivity index (χ0v) is 13.3. The largest absolute Gasteiger partial charge is 0.496 e. The van der Waals surface area contributed by atoms with Crippen molar-refractivity contribution in [1.82, 2.24) is 10.2 Å². The zero-order chi connectivity index (χ0) is 15.5. The predicted octanol–water partition coefficient (Wildman–Crippen LogP) is 3.36. The van der Waals surface area contributed by atoms with E-state index in [0.29, 0.717) is 37.5 Å². The number of halogens is 4. The van der Waals surface area contributed by atoms with Crippen LogP contribution < -0.4 is 10.1 Å². The summed E-state index contributed by atoms with van der Waals surface area (Å²) in [5.41, 5.74) is 0.583. The number of piperazine rings is 1. The molecular formula is C14H18BrF3N2O. The van der Waals surface area contributed by atoms with E-state index in [0.717, 1.165) is 4.47 Å². The Morgan fingerprint density at radius 1 is 1.33 bits per heavy atom. The van der Waals surface area contributed by atoms with Crippen molar-refractivity contribution in [2.45, 2.75) is 18.6 Å². The van der Waals surface area contributed by atoms with Crippen molar-refractivity contribution in [2.24, 2.45) is 0 Å². The summed E-state index contributed by atoms with van der Waals surface area (Å²) in [6.45, 7) is 2.60. The second-order valence-electron chi connectivity index (χ2n) is 5.01. The molecule has 1 aliphatic heterocycles. The Kier molecular flexibility index (Phi) is 5.51. The number of alkyl halides is 3. The summed E-state index contributed by atoms with van der Waals surface area (Å²) in [5.74, 6) is 0.483. The van der Waals surface area contributed by atoms with Gasteiger partial charge in [0.25, 0.3) is 0 Å². The number of benzene rings is 1. The van der Waals surface area contributed by atoms with Crippen molar-refractivity contribution < 1.29 is 17.9 Å². The highest BCUT2D eigenvalue weighted by molar-refractivity contribution is 9.10. The first-order chi connectivity index (χ1) is 9.90. The van der Waals surface area contributed by atoms with E-state index in [1.165, 1.54) is 7.11 Å². The van der Waals surface area contributed by atoms with Crippen LogP contribution in [0.2, 0.25) is 0 Å². The molecule has 118 valence electrons. The van der Waals surface area contributed by atoms with Gasteiger partial charge in [-0.1, -0.05) is 22.0 Å². The smallest absolute Gasteiger partial charge is 0.390 e. The molecule has 1 atom stereocenters. The Bertz CT molecular complexity index is 476. The molecule has 0 saturated carbocycles.